The number of halogens is 1. The Bertz CT molecular complexity index is 607. The fraction of sp³-hybridized carbons (Fsp3) is 0.545. The predicted octanol–water partition coefficient (Wildman–Crippen LogP) is 1.24. The van der Waals surface area contributed by atoms with Crippen molar-refractivity contribution in [2.45, 2.75) is 24.6 Å². The first-order valence-electron chi connectivity index (χ1n) is 6.05. The number of H-pyrrole nitrogens is 1. The van der Waals surface area contributed by atoms with E-state index in [9.17, 15) is 4.79 Å². The molecule has 2 atom stereocenters. The van der Waals surface area contributed by atoms with Gasteiger partial charge in [0.05, 0.1) is 0 Å². The highest BCUT2D eigenvalue weighted by atomic mass is 35.5. The summed E-state index contributed by atoms with van der Waals surface area (Å²) in [4.78, 5) is 15.4. The van der Waals surface area contributed by atoms with Crippen LogP contribution in [0.1, 0.15) is 19.3 Å². The number of rotatable bonds is 3. The fourth-order valence-electron chi connectivity index (χ4n) is 2.36. The van der Waals surface area contributed by atoms with Gasteiger partial charge in [-0.25, -0.2) is 19.3 Å². The summed E-state index contributed by atoms with van der Waals surface area (Å²) in [5, 5.41) is 9.78. The zero-order valence-corrected chi connectivity index (χ0v) is 10.5. The van der Waals surface area contributed by atoms with Gasteiger partial charge < -0.3 is 5.32 Å². The van der Waals surface area contributed by atoms with E-state index in [0.717, 1.165) is 25.2 Å². The van der Waals surface area contributed by atoms with Crippen LogP contribution in [0.4, 0.5) is 5.82 Å². The lowest BCUT2D eigenvalue weighted by Gasteiger charge is -2.14. The molecule has 6 nitrogen and oxygen atoms in total. The zero-order valence-electron chi connectivity index (χ0n) is 9.77. The summed E-state index contributed by atoms with van der Waals surface area (Å²) in [5.41, 5.74) is 0.284. The topological polar surface area (TPSA) is 75.1 Å². The number of nitrogens with one attached hydrogen (secondary N) is 2. The summed E-state index contributed by atoms with van der Waals surface area (Å²) in [7, 11) is 0. The van der Waals surface area contributed by atoms with E-state index in [1.54, 1.807) is 6.07 Å². The standard InChI is InChI=1S/C11H14ClN5O/c12-8-3-1-2-7(8)5-13-9-4-10-15-16-11(18)17(10)6-14-9/h4,6-8,13H,1-3,5H2,(H,16,18). The van der Waals surface area contributed by atoms with Crippen molar-refractivity contribution in [2.75, 3.05) is 11.9 Å². The third-order valence-corrected chi connectivity index (χ3v) is 4.00. The molecular weight excluding hydrogens is 254 g/mol. The molecule has 1 fully saturated rings. The summed E-state index contributed by atoms with van der Waals surface area (Å²) in [6, 6.07) is 1.75. The van der Waals surface area contributed by atoms with Crippen LogP contribution in [0.15, 0.2) is 17.2 Å². The smallest absolute Gasteiger partial charge is 0.348 e. The highest BCUT2D eigenvalue weighted by molar-refractivity contribution is 6.20. The first-order chi connectivity index (χ1) is 8.74. The minimum Gasteiger partial charge on any atom is -0.370 e. The van der Waals surface area contributed by atoms with Crippen LogP contribution in [0, 0.1) is 5.92 Å². The van der Waals surface area contributed by atoms with E-state index in [-0.39, 0.29) is 11.1 Å². The molecule has 7 heteroatoms. The Morgan fingerprint density at radius 2 is 2.44 bits per heavy atom. The average molecular weight is 268 g/mol. The third-order valence-electron chi connectivity index (χ3n) is 3.42. The van der Waals surface area contributed by atoms with Gasteiger partial charge in [0.25, 0.3) is 0 Å². The van der Waals surface area contributed by atoms with Crippen molar-refractivity contribution >= 4 is 23.1 Å². The molecule has 1 saturated carbocycles. The number of alkyl halides is 1. The summed E-state index contributed by atoms with van der Waals surface area (Å²) >= 11 is 6.22. The quantitative estimate of drug-likeness (QED) is 0.821. The lowest BCUT2D eigenvalue weighted by molar-refractivity contribution is 0.585. The fourth-order valence-corrected chi connectivity index (χ4v) is 2.73. The van der Waals surface area contributed by atoms with Crippen molar-refractivity contribution in [1.29, 1.82) is 0 Å². The molecule has 0 bridgehead atoms. The normalized spacial score (nSPS) is 23.6. The summed E-state index contributed by atoms with van der Waals surface area (Å²) in [5.74, 6) is 1.21. The van der Waals surface area contributed by atoms with Gasteiger partial charge >= 0.3 is 5.69 Å². The second-order valence-electron chi connectivity index (χ2n) is 4.62. The summed E-state index contributed by atoms with van der Waals surface area (Å²) < 4.78 is 1.37. The molecule has 0 aliphatic heterocycles. The lowest BCUT2D eigenvalue weighted by Crippen LogP contribution is -2.19. The second kappa shape index (κ2) is 4.61. The third kappa shape index (κ3) is 2.08. The number of aromatic amines is 1. The van der Waals surface area contributed by atoms with Gasteiger partial charge in [-0.1, -0.05) is 6.42 Å². The SMILES string of the molecule is O=c1[nH]nc2cc(NCC3CCCC3Cl)ncn12. The van der Waals surface area contributed by atoms with E-state index < -0.39 is 0 Å². The molecule has 2 heterocycles. The van der Waals surface area contributed by atoms with Gasteiger partial charge in [0, 0.05) is 18.0 Å². The van der Waals surface area contributed by atoms with E-state index >= 15 is 0 Å². The monoisotopic (exact) mass is 267 g/mol. The number of hydrogen-bond acceptors (Lipinski definition) is 4. The van der Waals surface area contributed by atoms with Crippen LogP contribution in [0.25, 0.3) is 5.65 Å². The Morgan fingerprint density at radius 3 is 3.22 bits per heavy atom. The predicted molar refractivity (Wildman–Crippen MR) is 69.1 cm³/mol. The molecule has 2 unspecified atom stereocenters. The van der Waals surface area contributed by atoms with Gasteiger partial charge in [0.1, 0.15) is 12.1 Å². The Hall–Kier alpha value is -1.56. The van der Waals surface area contributed by atoms with Crippen LogP contribution < -0.4 is 11.0 Å². The van der Waals surface area contributed by atoms with Gasteiger partial charge in [-0.05, 0) is 18.8 Å². The number of fused-ring (bicyclic) bond motifs is 1. The molecule has 2 N–H and O–H groups in total. The molecule has 1 aliphatic rings. The molecule has 0 radical (unpaired) electrons. The molecule has 0 aromatic carbocycles. The minimum atomic E-state index is -0.277. The maximum atomic E-state index is 11.3. The molecule has 1 aliphatic carbocycles. The first kappa shape index (κ1) is 11.5. The molecule has 96 valence electrons. The molecular formula is C11H14ClN5O. The van der Waals surface area contributed by atoms with Crippen molar-refractivity contribution in [3.8, 4) is 0 Å². The van der Waals surface area contributed by atoms with E-state index in [1.165, 1.54) is 17.1 Å². The van der Waals surface area contributed by atoms with E-state index in [1.807, 2.05) is 0 Å². The Morgan fingerprint density at radius 1 is 1.56 bits per heavy atom. The highest BCUT2D eigenvalue weighted by Gasteiger charge is 2.24. The maximum absolute atomic E-state index is 11.3. The highest BCUT2D eigenvalue weighted by Crippen LogP contribution is 2.30. The number of aromatic nitrogens is 4. The largest absolute Gasteiger partial charge is 0.370 e. The minimum absolute atomic E-state index is 0.259. The van der Waals surface area contributed by atoms with Crippen molar-refractivity contribution in [3.05, 3.63) is 22.9 Å². The first-order valence-corrected chi connectivity index (χ1v) is 6.48. The molecule has 2 aromatic rings. The molecule has 18 heavy (non-hydrogen) atoms. The van der Waals surface area contributed by atoms with Crippen LogP contribution in [-0.4, -0.2) is 31.5 Å². The molecule has 0 spiro atoms. The van der Waals surface area contributed by atoms with Crippen LogP contribution >= 0.6 is 11.6 Å². The van der Waals surface area contributed by atoms with Crippen molar-refractivity contribution < 1.29 is 0 Å². The Kier molecular flexibility index (Phi) is 2.95. The summed E-state index contributed by atoms with van der Waals surface area (Å²) in [6.07, 6.45) is 4.92. The molecule has 0 saturated heterocycles. The van der Waals surface area contributed by atoms with Gasteiger partial charge in [-0.3, -0.25) is 0 Å². The van der Waals surface area contributed by atoms with Crippen molar-refractivity contribution in [2.24, 2.45) is 5.92 Å². The Labute approximate surface area is 108 Å². The van der Waals surface area contributed by atoms with Crippen molar-refractivity contribution in [3.63, 3.8) is 0 Å². The van der Waals surface area contributed by atoms with E-state index in [4.69, 9.17) is 11.6 Å². The molecule has 2 aromatic heterocycles. The molecule has 3 rings (SSSR count). The van der Waals surface area contributed by atoms with Crippen LogP contribution in [0.5, 0.6) is 0 Å². The van der Waals surface area contributed by atoms with Crippen LogP contribution in [0.3, 0.4) is 0 Å². The maximum Gasteiger partial charge on any atom is 0.348 e. The van der Waals surface area contributed by atoms with Gasteiger partial charge in [-0.15, -0.1) is 11.6 Å². The van der Waals surface area contributed by atoms with E-state index in [2.05, 4.69) is 20.5 Å². The van der Waals surface area contributed by atoms with Gasteiger partial charge in [0.2, 0.25) is 0 Å². The van der Waals surface area contributed by atoms with Crippen molar-refractivity contribution in [1.82, 2.24) is 19.6 Å². The Balaban J connectivity index is 1.72. The van der Waals surface area contributed by atoms with E-state index in [0.29, 0.717) is 11.6 Å². The lowest BCUT2D eigenvalue weighted by atomic mass is 10.1. The van der Waals surface area contributed by atoms with Crippen LogP contribution in [0.2, 0.25) is 0 Å². The molecule has 0 amide bonds. The van der Waals surface area contributed by atoms with Gasteiger partial charge in [0.15, 0.2) is 5.65 Å². The van der Waals surface area contributed by atoms with Crippen LogP contribution in [-0.2, 0) is 0 Å². The second-order valence-corrected chi connectivity index (χ2v) is 5.18. The van der Waals surface area contributed by atoms with Gasteiger partial charge in [-0.2, -0.15) is 5.10 Å². The summed E-state index contributed by atoms with van der Waals surface area (Å²) in [6.45, 7) is 0.812. The number of anilines is 1. The average Bonchev–Trinajstić information content (AvgIpc) is 2.94. The number of nitrogens with zero attached hydrogens (tertiary/aromatic N) is 3. The number of hydrogen-bond donors (Lipinski definition) is 2. The zero-order chi connectivity index (χ0) is 12.5.